The Kier molecular flexibility index (Phi) is 4.82. The second-order valence-corrected chi connectivity index (χ2v) is 4.32. The van der Waals surface area contributed by atoms with Crippen molar-refractivity contribution in [3.8, 4) is 0 Å². The fourth-order valence-electron chi connectivity index (χ4n) is 1.80. The van der Waals surface area contributed by atoms with Gasteiger partial charge in [-0.05, 0) is 55.7 Å². The van der Waals surface area contributed by atoms with Gasteiger partial charge in [0, 0.05) is 17.5 Å². The molecule has 21 heavy (non-hydrogen) atoms. The lowest BCUT2D eigenvalue weighted by molar-refractivity contribution is 1.18. The highest BCUT2D eigenvalue weighted by Crippen LogP contribution is 2.13. The Morgan fingerprint density at radius 3 is 2.76 bits per heavy atom. The van der Waals surface area contributed by atoms with Gasteiger partial charge in [-0.15, -0.1) is 0 Å². The Balaban J connectivity index is 2.46. The molecule has 5 nitrogen and oxygen atoms in total. The van der Waals surface area contributed by atoms with Crippen LogP contribution in [0.4, 0.5) is 5.82 Å². The molecule has 0 saturated heterocycles. The smallest absolute Gasteiger partial charge is 0.152 e. The van der Waals surface area contributed by atoms with Crippen LogP contribution in [0.15, 0.2) is 60.0 Å². The number of nitrogens with zero attached hydrogens (tertiary/aromatic N) is 3. The highest BCUT2D eigenvalue weighted by atomic mass is 14.9. The average Bonchev–Trinajstić information content (AvgIpc) is 2.47. The summed E-state index contributed by atoms with van der Waals surface area (Å²) in [4.78, 5) is 13.1. The van der Waals surface area contributed by atoms with E-state index < -0.39 is 0 Å². The zero-order valence-corrected chi connectivity index (χ0v) is 11.8. The third kappa shape index (κ3) is 4.01. The minimum atomic E-state index is 0.635. The lowest BCUT2D eigenvalue weighted by atomic mass is 10.1. The van der Waals surface area contributed by atoms with E-state index in [0.29, 0.717) is 11.5 Å². The van der Waals surface area contributed by atoms with Gasteiger partial charge in [-0.3, -0.25) is 4.98 Å². The second kappa shape index (κ2) is 7.00. The molecule has 0 amide bonds. The minimum Gasteiger partial charge on any atom is -0.405 e. The van der Waals surface area contributed by atoms with Crippen molar-refractivity contribution in [3.63, 3.8) is 0 Å². The summed E-state index contributed by atoms with van der Waals surface area (Å²) in [6, 6.07) is 9.44. The molecule has 0 aliphatic heterocycles. The van der Waals surface area contributed by atoms with E-state index in [9.17, 15) is 0 Å². The molecule has 0 radical (unpaired) electrons. The molecule has 5 heteroatoms. The average molecular weight is 279 g/mol. The number of aliphatic imine (C=N–C) groups is 1. The zero-order valence-electron chi connectivity index (χ0n) is 11.8. The van der Waals surface area contributed by atoms with Crippen LogP contribution in [0.3, 0.4) is 0 Å². The molecule has 0 spiro atoms. The number of hydrogen-bond donors (Lipinski definition) is 2. The fraction of sp³-hybridized carbons (Fsp3) is 0.0625. The van der Waals surface area contributed by atoms with Crippen LogP contribution in [0.1, 0.15) is 17.0 Å². The molecule has 0 fully saturated rings. The monoisotopic (exact) mass is 279 g/mol. The van der Waals surface area contributed by atoms with Crippen LogP contribution in [0.2, 0.25) is 0 Å². The lowest BCUT2D eigenvalue weighted by Crippen LogP contribution is -2.00. The van der Waals surface area contributed by atoms with Crippen molar-refractivity contribution in [2.24, 2.45) is 16.5 Å². The minimum absolute atomic E-state index is 0.635. The van der Waals surface area contributed by atoms with E-state index in [1.807, 2.05) is 37.3 Å². The van der Waals surface area contributed by atoms with Crippen LogP contribution in [0.5, 0.6) is 0 Å². The van der Waals surface area contributed by atoms with Gasteiger partial charge in [0.1, 0.15) is 0 Å². The first-order chi connectivity index (χ1) is 10.2. The summed E-state index contributed by atoms with van der Waals surface area (Å²) in [5.74, 6) is 0.635. The van der Waals surface area contributed by atoms with Crippen molar-refractivity contribution in [1.29, 1.82) is 0 Å². The van der Waals surface area contributed by atoms with E-state index in [0.717, 1.165) is 17.0 Å². The van der Waals surface area contributed by atoms with Gasteiger partial charge < -0.3 is 11.5 Å². The van der Waals surface area contributed by atoms with Crippen LogP contribution in [-0.2, 0) is 0 Å². The molecule has 0 aliphatic rings. The molecular formula is C16H17N5. The van der Waals surface area contributed by atoms with E-state index in [4.69, 9.17) is 11.5 Å². The van der Waals surface area contributed by atoms with Gasteiger partial charge in [0.05, 0.1) is 11.4 Å². The number of pyridine rings is 2. The Morgan fingerprint density at radius 2 is 2.05 bits per heavy atom. The zero-order chi connectivity index (χ0) is 15.1. The first kappa shape index (κ1) is 14.5. The topological polar surface area (TPSA) is 90.2 Å². The van der Waals surface area contributed by atoms with E-state index in [-0.39, 0.29) is 0 Å². The third-order valence-electron chi connectivity index (χ3n) is 2.71. The molecular weight excluding hydrogens is 262 g/mol. The molecule has 0 unspecified atom stereocenters. The van der Waals surface area contributed by atoms with Crippen molar-refractivity contribution in [3.05, 3.63) is 72.0 Å². The first-order valence-electron chi connectivity index (χ1n) is 6.48. The van der Waals surface area contributed by atoms with E-state index in [1.165, 1.54) is 12.4 Å². The fourth-order valence-corrected chi connectivity index (χ4v) is 1.80. The number of aromatic nitrogens is 2. The van der Waals surface area contributed by atoms with Crippen molar-refractivity contribution < 1.29 is 0 Å². The summed E-state index contributed by atoms with van der Waals surface area (Å²) in [6.07, 6.45) is 8.05. The Morgan fingerprint density at radius 1 is 1.19 bits per heavy atom. The molecule has 0 aromatic carbocycles. The third-order valence-corrected chi connectivity index (χ3v) is 2.71. The molecule has 4 N–H and O–H groups in total. The summed E-state index contributed by atoms with van der Waals surface area (Å²) in [7, 11) is 0. The molecule has 0 saturated carbocycles. The maximum absolute atomic E-state index is 5.52. The number of aryl methyl sites for hydroxylation is 1. The van der Waals surface area contributed by atoms with E-state index >= 15 is 0 Å². The second-order valence-electron chi connectivity index (χ2n) is 4.32. The number of hydrogen-bond acceptors (Lipinski definition) is 5. The van der Waals surface area contributed by atoms with Crippen molar-refractivity contribution in [1.82, 2.24) is 9.97 Å². The molecule has 0 bridgehead atoms. The summed E-state index contributed by atoms with van der Waals surface area (Å²) < 4.78 is 0. The van der Waals surface area contributed by atoms with Crippen LogP contribution in [0.25, 0.3) is 6.08 Å². The lowest BCUT2D eigenvalue weighted by Gasteiger charge is -2.03. The van der Waals surface area contributed by atoms with Gasteiger partial charge in [0.2, 0.25) is 0 Å². The largest absolute Gasteiger partial charge is 0.405 e. The summed E-state index contributed by atoms with van der Waals surface area (Å²) >= 11 is 0. The van der Waals surface area contributed by atoms with Gasteiger partial charge in [0.25, 0.3) is 0 Å². The summed E-state index contributed by atoms with van der Waals surface area (Å²) in [5.41, 5.74) is 14.2. The SMILES string of the molecule is Cc1cccc(N=C(C=CN)c2ccnc(C=CN)c2)n1. The predicted octanol–water partition coefficient (Wildman–Crippen LogP) is 2.31. The Labute approximate surface area is 123 Å². The van der Waals surface area contributed by atoms with Gasteiger partial charge in [-0.1, -0.05) is 6.07 Å². The van der Waals surface area contributed by atoms with Gasteiger partial charge in [-0.2, -0.15) is 0 Å². The first-order valence-corrected chi connectivity index (χ1v) is 6.48. The predicted molar refractivity (Wildman–Crippen MR) is 86.0 cm³/mol. The standard InChI is InChI=1S/C16H17N5/c1-12-3-2-4-16(20-12)21-15(6-9-18)13-7-10-19-14(11-13)5-8-17/h2-11H,17-18H2,1H3. The van der Waals surface area contributed by atoms with Gasteiger partial charge in [0.15, 0.2) is 5.82 Å². The van der Waals surface area contributed by atoms with Gasteiger partial charge in [-0.25, -0.2) is 9.98 Å². The number of nitrogens with two attached hydrogens (primary N) is 2. The van der Waals surface area contributed by atoms with Crippen LogP contribution in [0, 0.1) is 6.92 Å². The van der Waals surface area contributed by atoms with Gasteiger partial charge >= 0.3 is 0 Å². The Hall–Kier alpha value is -2.95. The molecule has 2 aromatic rings. The van der Waals surface area contributed by atoms with Crippen molar-refractivity contribution >= 4 is 17.6 Å². The highest BCUT2D eigenvalue weighted by Gasteiger charge is 2.03. The molecule has 0 atom stereocenters. The van der Waals surface area contributed by atoms with Crippen LogP contribution < -0.4 is 11.5 Å². The van der Waals surface area contributed by atoms with E-state index in [2.05, 4.69) is 15.0 Å². The number of allylic oxidation sites excluding steroid dienone is 1. The maximum atomic E-state index is 5.52. The molecule has 2 rings (SSSR count). The molecule has 106 valence electrons. The Bertz CT molecular complexity index is 701. The van der Waals surface area contributed by atoms with Crippen LogP contribution >= 0.6 is 0 Å². The molecule has 2 aromatic heterocycles. The highest BCUT2D eigenvalue weighted by molar-refractivity contribution is 6.09. The van der Waals surface area contributed by atoms with Crippen molar-refractivity contribution in [2.75, 3.05) is 0 Å². The quantitative estimate of drug-likeness (QED) is 0.840. The number of rotatable bonds is 4. The molecule has 2 heterocycles. The van der Waals surface area contributed by atoms with E-state index in [1.54, 1.807) is 18.3 Å². The summed E-state index contributed by atoms with van der Waals surface area (Å²) in [5, 5.41) is 0. The maximum Gasteiger partial charge on any atom is 0.152 e. The normalized spacial score (nSPS) is 12.3. The molecule has 0 aliphatic carbocycles. The van der Waals surface area contributed by atoms with Crippen molar-refractivity contribution in [2.45, 2.75) is 6.92 Å². The summed E-state index contributed by atoms with van der Waals surface area (Å²) in [6.45, 7) is 1.92. The van der Waals surface area contributed by atoms with Crippen LogP contribution in [-0.4, -0.2) is 15.7 Å².